The molecule has 0 spiro atoms. The van der Waals surface area contributed by atoms with E-state index in [0.29, 0.717) is 10.9 Å². The summed E-state index contributed by atoms with van der Waals surface area (Å²) < 4.78 is 36.7. The molecule has 2 rings (SSSR count). The van der Waals surface area contributed by atoms with Crippen molar-refractivity contribution in [2.24, 2.45) is 5.92 Å². The highest BCUT2D eigenvalue weighted by molar-refractivity contribution is 7.85. The van der Waals surface area contributed by atoms with E-state index in [1.54, 1.807) is 20.8 Å². The van der Waals surface area contributed by atoms with Crippen LogP contribution in [0.3, 0.4) is 0 Å². The van der Waals surface area contributed by atoms with Crippen molar-refractivity contribution in [1.29, 1.82) is 0 Å². The first-order valence-corrected chi connectivity index (χ1v) is 9.12. The fourth-order valence-corrected chi connectivity index (χ4v) is 2.62. The molecule has 1 N–H and O–H groups in total. The number of ketones is 1. The smallest absolute Gasteiger partial charge is 0.340 e. The molecule has 7 heteroatoms. The molecule has 0 saturated carbocycles. The van der Waals surface area contributed by atoms with Crippen molar-refractivity contribution < 1.29 is 22.2 Å². The van der Waals surface area contributed by atoms with Crippen LogP contribution in [0.1, 0.15) is 38.8 Å². The van der Waals surface area contributed by atoms with Crippen LogP contribution in [0.15, 0.2) is 32.3 Å². The number of fused-ring (bicyclic) bond motifs is 1. The van der Waals surface area contributed by atoms with Crippen LogP contribution < -0.4 is 5.63 Å². The van der Waals surface area contributed by atoms with Gasteiger partial charge in [0.05, 0.1) is 4.90 Å². The van der Waals surface area contributed by atoms with E-state index in [-0.39, 0.29) is 34.2 Å². The van der Waals surface area contributed by atoms with E-state index in [9.17, 15) is 18.0 Å². The molecular weight excluding hydrogens is 332 g/mol. The van der Waals surface area contributed by atoms with Gasteiger partial charge in [-0.25, -0.2) is 4.79 Å². The lowest BCUT2D eigenvalue weighted by Crippen LogP contribution is -2.18. The largest absolute Gasteiger partial charge is 0.423 e. The molecule has 0 atom stereocenters. The number of carbonyl (C=O) groups excluding carboxylic acids is 1. The summed E-state index contributed by atoms with van der Waals surface area (Å²) in [7, 11) is -4.36. The lowest BCUT2D eigenvalue weighted by molar-refractivity contribution is -0.121. The average molecular weight is 354 g/mol. The maximum atomic E-state index is 12.0. The maximum Gasteiger partial charge on any atom is 0.340 e. The molecular formula is C17H22O6S. The highest BCUT2D eigenvalue weighted by Crippen LogP contribution is 2.23. The molecule has 132 valence electrons. The number of rotatable bonds is 4. The third-order valence-electron chi connectivity index (χ3n) is 3.55. The Morgan fingerprint density at radius 3 is 2.33 bits per heavy atom. The van der Waals surface area contributed by atoms with Crippen molar-refractivity contribution in [2.75, 3.05) is 0 Å². The van der Waals surface area contributed by atoms with Crippen LogP contribution in [0.2, 0.25) is 0 Å². The first-order valence-electron chi connectivity index (χ1n) is 7.68. The summed E-state index contributed by atoms with van der Waals surface area (Å²) in [6.45, 7) is 9.09. The van der Waals surface area contributed by atoms with E-state index in [0.717, 1.165) is 6.07 Å². The van der Waals surface area contributed by atoms with Gasteiger partial charge in [-0.15, -0.1) is 0 Å². The maximum absolute atomic E-state index is 12.0. The van der Waals surface area contributed by atoms with Gasteiger partial charge in [0.1, 0.15) is 11.4 Å². The fourth-order valence-electron chi connectivity index (χ4n) is 2.11. The van der Waals surface area contributed by atoms with Crippen LogP contribution in [0.5, 0.6) is 0 Å². The SMILES string of the molecule is CC.Cc1c(CC(=O)C(C)C)c(=O)oc2ccc(S(=O)(=O)O)cc12. The van der Waals surface area contributed by atoms with Crippen molar-refractivity contribution in [3.8, 4) is 0 Å². The molecule has 0 fully saturated rings. The first kappa shape index (κ1) is 20.1. The molecule has 0 unspecified atom stereocenters. The van der Waals surface area contributed by atoms with Gasteiger partial charge in [0.15, 0.2) is 0 Å². The molecule has 0 aliphatic carbocycles. The molecule has 0 aliphatic heterocycles. The van der Waals surface area contributed by atoms with E-state index in [2.05, 4.69) is 0 Å². The standard InChI is InChI=1S/C15H16O6S.C2H6/c1-8(2)13(16)7-12-9(3)11-6-10(22(18,19)20)4-5-14(11)21-15(12)17;1-2/h4-6,8H,7H2,1-3H3,(H,18,19,20);1-2H3. The van der Waals surface area contributed by atoms with Gasteiger partial charge in [-0.05, 0) is 30.7 Å². The molecule has 1 aromatic carbocycles. The zero-order chi connectivity index (χ0) is 18.7. The number of hydrogen-bond donors (Lipinski definition) is 1. The Labute approximate surface area is 141 Å². The zero-order valence-electron chi connectivity index (χ0n) is 14.4. The fraction of sp³-hybridized carbons (Fsp3) is 0.412. The highest BCUT2D eigenvalue weighted by atomic mass is 32.2. The average Bonchev–Trinajstić information content (AvgIpc) is 2.51. The Hall–Kier alpha value is -1.99. The Balaban J connectivity index is 0.00000139. The Bertz CT molecular complexity index is 907. The number of Topliss-reactive ketones (excluding diaryl/α,β-unsaturated/α-hetero) is 1. The second-order valence-electron chi connectivity index (χ2n) is 5.42. The Morgan fingerprint density at radius 2 is 1.83 bits per heavy atom. The van der Waals surface area contributed by atoms with Crippen LogP contribution in [0.25, 0.3) is 11.0 Å². The number of benzene rings is 1. The predicted octanol–water partition coefficient (Wildman–Crippen LogP) is 3.14. The Morgan fingerprint density at radius 1 is 1.25 bits per heavy atom. The van der Waals surface area contributed by atoms with E-state index in [1.165, 1.54) is 12.1 Å². The summed E-state index contributed by atoms with van der Waals surface area (Å²) in [6, 6.07) is 3.69. The molecule has 0 aliphatic rings. The molecule has 2 aromatic rings. The minimum atomic E-state index is -4.36. The highest BCUT2D eigenvalue weighted by Gasteiger charge is 2.18. The van der Waals surface area contributed by atoms with Gasteiger partial charge in [0, 0.05) is 23.3 Å². The quantitative estimate of drug-likeness (QED) is 0.668. The second-order valence-corrected chi connectivity index (χ2v) is 6.85. The third-order valence-corrected chi connectivity index (χ3v) is 4.40. The first-order chi connectivity index (χ1) is 11.1. The second kappa shape index (κ2) is 7.72. The van der Waals surface area contributed by atoms with Gasteiger partial charge in [-0.3, -0.25) is 9.35 Å². The van der Waals surface area contributed by atoms with Gasteiger partial charge < -0.3 is 4.42 Å². The van der Waals surface area contributed by atoms with Gasteiger partial charge in [-0.1, -0.05) is 27.7 Å². The van der Waals surface area contributed by atoms with Crippen LogP contribution in [-0.2, 0) is 21.3 Å². The molecule has 1 aromatic heterocycles. The minimum Gasteiger partial charge on any atom is -0.423 e. The van der Waals surface area contributed by atoms with E-state index < -0.39 is 15.7 Å². The molecule has 0 bridgehead atoms. The van der Waals surface area contributed by atoms with Gasteiger partial charge in [0.25, 0.3) is 10.1 Å². The normalized spacial score (nSPS) is 11.3. The molecule has 0 amide bonds. The summed E-state index contributed by atoms with van der Waals surface area (Å²) in [5, 5.41) is 0.376. The summed E-state index contributed by atoms with van der Waals surface area (Å²) in [5.41, 5.74) is 0.277. The van der Waals surface area contributed by atoms with Crippen molar-refractivity contribution in [3.05, 3.63) is 39.7 Å². The molecule has 1 heterocycles. The minimum absolute atomic E-state index is 0.0716. The van der Waals surface area contributed by atoms with Crippen LogP contribution in [0, 0.1) is 12.8 Å². The van der Waals surface area contributed by atoms with Crippen LogP contribution in [-0.4, -0.2) is 18.8 Å². The van der Waals surface area contributed by atoms with E-state index >= 15 is 0 Å². The lowest BCUT2D eigenvalue weighted by atomic mass is 9.97. The van der Waals surface area contributed by atoms with E-state index in [4.69, 9.17) is 8.97 Å². The summed E-state index contributed by atoms with van der Waals surface area (Å²) in [6.07, 6.45) is -0.0716. The van der Waals surface area contributed by atoms with Crippen molar-refractivity contribution in [1.82, 2.24) is 0 Å². The Kier molecular flexibility index (Phi) is 6.45. The van der Waals surface area contributed by atoms with Crippen molar-refractivity contribution in [2.45, 2.75) is 45.9 Å². The third kappa shape index (κ3) is 4.30. The van der Waals surface area contributed by atoms with Gasteiger partial charge in [-0.2, -0.15) is 8.42 Å². The number of aryl methyl sites for hydroxylation is 1. The summed E-state index contributed by atoms with van der Waals surface area (Å²) >= 11 is 0. The summed E-state index contributed by atoms with van der Waals surface area (Å²) in [4.78, 5) is 23.6. The monoisotopic (exact) mass is 354 g/mol. The lowest BCUT2D eigenvalue weighted by Gasteiger charge is -2.09. The molecule has 0 saturated heterocycles. The van der Waals surface area contributed by atoms with E-state index in [1.807, 2.05) is 13.8 Å². The molecule has 24 heavy (non-hydrogen) atoms. The topological polar surface area (TPSA) is 102 Å². The summed E-state index contributed by atoms with van der Waals surface area (Å²) in [5.74, 6) is -0.334. The van der Waals surface area contributed by atoms with Gasteiger partial charge in [0.2, 0.25) is 0 Å². The van der Waals surface area contributed by atoms with Crippen LogP contribution in [0.4, 0.5) is 0 Å². The zero-order valence-corrected chi connectivity index (χ0v) is 15.2. The number of carbonyl (C=O) groups is 1. The predicted molar refractivity (Wildman–Crippen MR) is 91.9 cm³/mol. The molecule has 6 nitrogen and oxygen atoms in total. The van der Waals surface area contributed by atoms with Gasteiger partial charge >= 0.3 is 5.63 Å². The van der Waals surface area contributed by atoms with Crippen molar-refractivity contribution in [3.63, 3.8) is 0 Å². The number of hydrogen-bond acceptors (Lipinski definition) is 5. The molecule has 0 radical (unpaired) electrons. The van der Waals surface area contributed by atoms with Crippen LogP contribution >= 0.6 is 0 Å². The van der Waals surface area contributed by atoms with Crippen molar-refractivity contribution >= 4 is 26.9 Å².